The van der Waals surface area contributed by atoms with Gasteiger partial charge in [-0.05, 0) is 61.7 Å². The van der Waals surface area contributed by atoms with E-state index in [9.17, 15) is 26.8 Å². The number of sulfone groups is 1. The molecule has 1 unspecified atom stereocenters. The lowest BCUT2D eigenvalue weighted by Crippen LogP contribution is -2.26. The number of hydrogen-bond acceptors (Lipinski definition) is 8. The van der Waals surface area contributed by atoms with Crippen LogP contribution in [0.3, 0.4) is 0 Å². The fourth-order valence-corrected chi connectivity index (χ4v) is 6.67. The van der Waals surface area contributed by atoms with E-state index in [0.29, 0.717) is 30.9 Å². The van der Waals surface area contributed by atoms with Crippen molar-refractivity contribution in [2.24, 2.45) is 0 Å². The lowest BCUT2D eigenvalue weighted by atomic mass is 10.1. The van der Waals surface area contributed by atoms with Gasteiger partial charge in [-0.1, -0.05) is 24.3 Å². The number of ether oxygens (including phenoxy) is 2. The highest BCUT2D eigenvalue weighted by Gasteiger charge is 2.37. The van der Waals surface area contributed by atoms with Crippen molar-refractivity contribution in [2.45, 2.75) is 42.4 Å². The Balaban J connectivity index is 1.33. The Morgan fingerprint density at radius 2 is 1.76 bits per heavy atom. The molecule has 1 heterocycles. The molecule has 1 fully saturated rings. The van der Waals surface area contributed by atoms with Crippen LogP contribution in [0.25, 0.3) is 0 Å². The third-order valence-electron chi connectivity index (χ3n) is 6.48. The van der Waals surface area contributed by atoms with Gasteiger partial charge >= 0.3 is 5.97 Å². The monoisotopic (exact) mass is 612 g/mol. The van der Waals surface area contributed by atoms with E-state index in [1.165, 1.54) is 35.6 Å². The van der Waals surface area contributed by atoms with Crippen LogP contribution in [0, 0.1) is 11.6 Å². The highest BCUT2D eigenvalue weighted by atomic mass is 32.2. The largest absolute Gasteiger partial charge is 0.473 e. The number of amides is 1. The minimum absolute atomic E-state index is 0.126. The number of carbonyl (C=O) groups excluding carboxylic acids is 2. The molecule has 0 radical (unpaired) electrons. The molecule has 1 atom stereocenters. The van der Waals surface area contributed by atoms with Gasteiger partial charge in [0.15, 0.2) is 26.5 Å². The SMILES string of the molecule is CCOC(=O)c1ccc(Cc2cnc(NC(=O)C(Oc3ccc(F)cc3F)c3ccc(S(=O)(=O)C4CC4)cc3)s2)cc1. The molecule has 1 saturated carbocycles. The highest BCUT2D eigenvalue weighted by molar-refractivity contribution is 7.92. The molecule has 1 aromatic heterocycles. The number of thiazole rings is 1. The average molecular weight is 613 g/mol. The molecular weight excluding hydrogens is 586 g/mol. The van der Waals surface area contributed by atoms with Crippen molar-refractivity contribution >= 4 is 38.2 Å². The maximum atomic E-state index is 14.4. The standard InChI is InChI=1S/C30H26F2N2O6S2/c1-2-39-29(36)20-5-3-18(4-6-20)15-22-17-33-30(41-22)34-28(35)27(40-26-14-9-21(31)16-25(26)32)19-7-10-23(11-8-19)42(37,38)24-12-13-24/h3-11,14,16-17,24,27H,2,12-13,15H2,1H3,(H,33,34,35). The van der Waals surface area contributed by atoms with Crippen LogP contribution < -0.4 is 10.1 Å². The second-order valence-corrected chi connectivity index (χ2v) is 12.9. The molecule has 8 nitrogen and oxygen atoms in total. The Bertz CT molecular complexity index is 1700. The first-order valence-electron chi connectivity index (χ1n) is 13.1. The van der Waals surface area contributed by atoms with Crippen LogP contribution in [0.4, 0.5) is 13.9 Å². The Hall–Kier alpha value is -4.16. The van der Waals surface area contributed by atoms with Crippen LogP contribution in [0.5, 0.6) is 5.75 Å². The first-order valence-corrected chi connectivity index (χ1v) is 15.5. The molecule has 0 bridgehead atoms. The normalized spacial score (nSPS) is 13.8. The van der Waals surface area contributed by atoms with Gasteiger partial charge < -0.3 is 9.47 Å². The van der Waals surface area contributed by atoms with Crippen LogP contribution in [0.2, 0.25) is 0 Å². The van der Waals surface area contributed by atoms with E-state index in [1.807, 2.05) is 0 Å². The van der Waals surface area contributed by atoms with Crippen molar-refractivity contribution in [1.29, 1.82) is 0 Å². The number of aromatic nitrogens is 1. The molecule has 3 aromatic carbocycles. The Labute approximate surface area is 245 Å². The summed E-state index contributed by atoms with van der Waals surface area (Å²) in [7, 11) is -3.45. The molecular formula is C30H26F2N2O6S2. The molecule has 0 spiro atoms. The maximum absolute atomic E-state index is 14.4. The number of rotatable bonds is 11. The zero-order valence-corrected chi connectivity index (χ0v) is 24.0. The quantitative estimate of drug-likeness (QED) is 0.211. The molecule has 1 aliphatic carbocycles. The van der Waals surface area contributed by atoms with Gasteiger partial charge in [0.1, 0.15) is 5.82 Å². The third-order valence-corrected chi connectivity index (χ3v) is 9.67. The Morgan fingerprint density at radius 3 is 2.40 bits per heavy atom. The summed E-state index contributed by atoms with van der Waals surface area (Å²) in [5.41, 5.74) is 1.63. The van der Waals surface area contributed by atoms with Crippen LogP contribution >= 0.6 is 11.3 Å². The first kappa shape index (κ1) is 29.3. The van der Waals surface area contributed by atoms with Crippen LogP contribution in [0.1, 0.15) is 52.2 Å². The van der Waals surface area contributed by atoms with Crippen molar-refractivity contribution in [3.8, 4) is 5.75 Å². The lowest BCUT2D eigenvalue weighted by Gasteiger charge is -2.19. The zero-order chi connectivity index (χ0) is 29.9. The van der Waals surface area contributed by atoms with Gasteiger partial charge in [-0.15, -0.1) is 11.3 Å². The van der Waals surface area contributed by atoms with Crippen LogP contribution in [0.15, 0.2) is 77.8 Å². The first-order chi connectivity index (χ1) is 20.1. The topological polar surface area (TPSA) is 112 Å². The molecule has 0 aliphatic heterocycles. The summed E-state index contributed by atoms with van der Waals surface area (Å²) in [6.07, 6.45) is 1.92. The molecule has 5 rings (SSSR count). The number of benzene rings is 3. The van der Waals surface area contributed by atoms with E-state index >= 15 is 0 Å². The number of nitrogens with zero attached hydrogens (tertiary/aromatic N) is 1. The summed E-state index contributed by atoms with van der Waals surface area (Å²) in [4.78, 5) is 30.5. The number of hydrogen-bond donors (Lipinski definition) is 1. The molecule has 1 aliphatic rings. The van der Waals surface area contributed by atoms with Gasteiger partial charge in [-0.3, -0.25) is 10.1 Å². The number of esters is 1. The third kappa shape index (κ3) is 6.82. The Kier molecular flexibility index (Phi) is 8.64. The second-order valence-electron chi connectivity index (χ2n) is 9.60. The molecule has 1 amide bonds. The minimum atomic E-state index is -3.45. The fraction of sp³-hybridized carbons (Fsp3) is 0.233. The van der Waals surface area contributed by atoms with Crippen LogP contribution in [-0.4, -0.2) is 37.1 Å². The molecule has 0 saturated heterocycles. The Morgan fingerprint density at radius 1 is 1.05 bits per heavy atom. The van der Waals surface area contributed by atoms with Gasteiger partial charge in [0.2, 0.25) is 6.10 Å². The van der Waals surface area contributed by atoms with E-state index in [0.717, 1.165) is 22.6 Å². The minimum Gasteiger partial charge on any atom is -0.473 e. The van der Waals surface area contributed by atoms with Gasteiger partial charge in [0.05, 0.1) is 22.3 Å². The van der Waals surface area contributed by atoms with E-state index in [1.54, 1.807) is 37.4 Å². The molecule has 12 heteroatoms. The van der Waals surface area contributed by atoms with Crippen molar-refractivity contribution in [2.75, 3.05) is 11.9 Å². The van der Waals surface area contributed by atoms with Crippen molar-refractivity contribution in [3.05, 3.63) is 106 Å². The summed E-state index contributed by atoms with van der Waals surface area (Å²) in [5, 5.41) is 2.54. The smallest absolute Gasteiger partial charge is 0.338 e. The van der Waals surface area contributed by atoms with Gasteiger partial charge in [-0.25, -0.2) is 27.0 Å². The maximum Gasteiger partial charge on any atom is 0.338 e. The molecule has 4 aromatic rings. The summed E-state index contributed by atoms with van der Waals surface area (Å²) in [5.74, 6) is -3.23. The van der Waals surface area contributed by atoms with Crippen molar-refractivity contribution in [3.63, 3.8) is 0 Å². The molecule has 218 valence electrons. The summed E-state index contributed by atoms with van der Waals surface area (Å²) in [6, 6.07) is 15.3. The number of nitrogens with one attached hydrogen (secondary N) is 1. The predicted molar refractivity (Wildman–Crippen MR) is 152 cm³/mol. The second kappa shape index (κ2) is 12.4. The van der Waals surface area contributed by atoms with E-state index in [-0.39, 0.29) is 27.9 Å². The van der Waals surface area contributed by atoms with Crippen molar-refractivity contribution < 1.29 is 36.3 Å². The van der Waals surface area contributed by atoms with E-state index in [2.05, 4.69) is 10.3 Å². The number of halogens is 2. The van der Waals surface area contributed by atoms with Gasteiger partial charge in [0, 0.05) is 29.1 Å². The zero-order valence-electron chi connectivity index (χ0n) is 22.4. The van der Waals surface area contributed by atoms with Gasteiger partial charge in [0.25, 0.3) is 5.91 Å². The lowest BCUT2D eigenvalue weighted by molar-refractivity contribution is -0.123. The predicted octanol–water partition coefficient (Wildman–Crippen LogP) is 5.88. The summed E-state index contributed by atoms with van der Waals surface area (Å²) < 4.78 is 63.8. The van der Waals surface area contributed by atoms with E-state index in [4.69, 9.17) is 9.47 Å². The van der Waals surface area contributed by atoms with Crippen molar-refractivity contribution in [1.82, 2.24) is 4.98 Å². The molecule has 42 heavy (non-hydrogen) atoms. The van der Waals surface area contributed by atoms with Crippen LogP contribution in [-0.2, 0) is 25.8 Å². The molecule has 1 N–H and O–H groups in total. The van der Waals surface area contributed by atoms with Gasteiger partial charge in [-0.2, -0.15) is 0 Å². The van der Waals surface area contributed by atoms with E-state index < -0.39 is 44.7 Å². The number of carbonyl (C=O) groups is 2. The fourth-order valence-electron chi connectivity index (χ4n) is 4.17. The number of anilines is 1. The highest BCUT2D eigenvalue weighted by Crippen LogP contribution is 2.34. The summed E-state index contributed by atoms with van der Waals surface area (Å²) >= 11 is 1.22. The average Bonchev–Trinajstić information content (AvgIpc) is 3.75. The summed E-state index contributed by atoms with van der Waals surface area (Å²) in [6.45, 7) is 2.02.